The molecule has 0 aliphatic carbocycles. The summed E-state index contributed by atoms with van der Waals surface area (Å²) in [5, 5.41) is 15.5. The lowest BCUT2D eigenvalue weighted by molar-refractivity contribution is -0.384. The van der Waals surface area contributed by atoms with Crippen LogP contribution in [0.15, 0.2) is 54.6 Å². The second-order valence-corrected chi connectivity index (χ2v) is 6.09. The van der Waals surface area contributed by atoms with E-state index in [1.54, 1.807) is 24.3 Å². The Labute approximate surface area is 170 Å². The van der Waals surface area contributed by atoms with Gasteiger partial charge in [0.05, 0.1) is 4.92 Å². The fraction of sp³-hybridized carbons (Fsp3) is 0.111. The fourth-order valence-corrected chi connectivity index (χ4v) is 2.27. The van der Waals surface area contributed by atoms with E-state index in [2.05, 4.69) is 21.5 Å². The van der Waals surface area contributed by atoms with Crippen molar-refractivity contribution in [1.82, 2.24) is 16.2 Å². The summed E-state index contributed by atoms with van der Waals surface area (Å²) in [5.74, 6) is -1.52. The third kappa shape index (κ3) is 7.34. The summed E-state index contributed by atoms with van der Waals surface area (Å²) >= 11 is 4.88. The zero-order chi connectivity index (χ0) is 21.2. The van der Waals surface area contributed by atoms with E-state index in [0.29, 0.717) is 5.69 Å². The van der Waals surface area contributed by atoms with E-state index >= 15 is 0 Å². The first kappa shape index (κ1) is 21.4. The van der Waals surface area contributed by atoms with Crippen LogP contribution in [0.25, 0.3) is 0 Å². The van der Waals surface area contributed by atoms with Gasteiger partial charge in [-0.2, -0.15) is 0 Å². The molecular weight excluding hydrogens is 398 g/mol. The Morgan fingerprint density at radius 3 is 2.31 bits per heavy atom. The highest BCUT2D eigenvalue weighted by atomic mass is 32.1. The van der Waals surface area contributed by atoms with Crippen LogP contribution in [0.1, 0.15) is 23.2 Å². The normalized spacial score (nSPS) is 9.79. The molecule has 4 N–H and O–H groups in total. The van der Waals surface area contributed by atoms with E-state index in [1.165, 1.54) is 18.2 Å². The zero-order valence-electron chi connectivity index (χ0n) is 15.0. The molecular formula is C18H17N5O5S. The number of nitrogens with one attached hydrogen (secondary N) is 4. The standard InChI is InChI=1S/C18H17N5O5S/c24-15(19-13-6-2-1-3-7-13)9-10-16(25)21-22-18(29)20-17(26)12-5-4-8-14(11-12)23(27)28/h1-8,11H,9-10H2,(H,19,24)(H,21,25)(H2,20,22,26,29). The number of carbonyl (C=O) groups excluding carboxylic acids is 3. The molecule has 2 rings (SSSR count). The molecule has 150 valence electrons. The predicted octanol–water partition coefficient (Wildman–Crippen LogP) is 1.65. The molecule has 29 heavy (non-hydrogen) atoms. The fourth-order valence-electron chi connectivity index (χ4n) is 2.13. The second kappa shape index (κ2) is 10.5. The number of nitro groups is 1. The number of hydrogen-bond donors (Lipinski definition) is 4. The van der Waals surface area contributed by atoms with Crippen LogP contribution in [0.2, 0.25) is 0 Å². The van der Waals surface area contributed by atoms with Crippen molar-refractivity contribution in [2.24, 2.45) is 0 Å². The SMILES string of the molecule is O=C(CCC(=O)Nc1ccccc1)NNC(=S)NC(=O)c1cccc([N+](=O)[O-])c1. The molecule has 0 aromatic heterocycles. The summed E-state index contributed by atoms with van der Waals surface area (Å²) in [6.45, 7) is 0. The molecule has 0 fully saturated rings. The molecule has 10 nitrogen and oxygen atoms in total. The maximum absolute atomic E-state index is 12.0. The van der Waals surface area contributed by atoms with Gasteiger partial charge in [-0.1, -0.05) is 24.3 Å². The van der Waals surface area contributed by atoms with E-state index in [1.807, 2.05) is 6.07 Å². The minimum Gasteiger partial charge on any atom is -0.326 e. The minimum atomic E-state index is -0.678. The lowest BCUT2D eigenvalue weighted by atomic mass is 10.2. The molecule has 0 bridgehead atoms. The van der Waals surface area contributed by atoms with Crippen molar-refractivity contribution in [2.45, 2.75) is 12.8 Å². The van der Waals surface area contributed by atoms with Crippen molar-refractivity contribution in [1.29, 1.82) is 0 Å². The Morgan fingerprint density at radius 2 is 1.62 bits per heavy atom. The van der Waals surface area contributed by atoms with Crippen LogP contribution in [0.3, 0.4) is 0 Å². The Hall–Kier alpha value is -3.86. The molecule has 0 saturated carbocycles. The number of non-ortho nitro benzene ring substituents is 1. The molecule has 0 spiro atoms. The van der Waals surface area contributed by atoms with Gasteiger partial charge in [-0.05, 0) is 30.4 Å². The summed E-state index contributed by atoms with van der Waals surface area (Å²) in [7, 11) is 0. The molecule has 0 atom stereocenters. The number of para-hydroxylation sites is 1. The Balaban J connectivity index is 1.72. The summed E-state index contributed by atoms with van der Waals surface area (Å²) < 4.78 is 0. The van der Waals surface area contributed by atoms with Crippen molar-refractivity contribution in [3.63, 3.8) is 0 Å². The quantitative estimate of drug-likeness (QED) is 0.319. The Morgan fingerprint density at radius 1 is 0.931 bits per heavy atom. The van der Waals surface area contributed by atoms with Gasteiger partial charge >= 0.3 is 0 Å². The molecule has 2 aromatic carbocycles. The van der Waals surface area contributed by atoms with Crippen LogP contribution in [0.5, 0.6) is 0 Å². The molecule has 0 heterocycles. The van der Waals surface area contributed by atoms with Crippen molar-refractivity contribution in [3.8, 4) is 0 Å². The van der Waals surface area contributed by atoms with Crippen LogP contribution in [-0.4, -0.2) is 27.8 Å². The summed E-state index contributed by atoms with van der Waals surface area (Å²) in [4.78, 5) is 45.7. The van der Waals surface area contributed by atoms with E-state index in [4.69, 9.17) is 12.2 Å². The minimum absolute atomic E-state index is 0.0345. The summed E-state index contributed by atoms with van der Waals surface area (Å²) in [6.07, 6.45) is -0.150. The Bertz CT molecular complexity index is 935. The maximum atomic E-state index is 12.0. The molecule has 3 amide bonds. The van der Waals surface area contributed by atoms with Gasteiger partial charge in [0.25, 0.3) is 11.6 Å². The van der Waals surface area contributed by atoms with Crippen LogP contribution in [-0.2, 0) is 9.59 Å². The van der Waals surface area contributed by atoms with Crippen molar-refractivity contribution in [3.05, 3.63) is 70.3 Å². The smallest absolute Gasteiger partial charge is 0.270 e. The number of amides is 3. The topological polar surface area (TPSA) is 142 Å². The van der Waals surface area contributed by atoms with Crippen molar-refractivity contribution < 1.29 is 19.3 Å². The highest BCUT2D eigenvalue weighted by Crippen LogP contribution is 2.12. The monoisotopic (exact) mass is 415 g/mol. The van der Waals surface area contributed by atoms with Crippen molar-refractivity contribution in [2.75, 3.05) is 5.32 Å². The first-order valence-corrected chi connectivity index (χ1v) is 8.75. The largest absolute Gasteiger partial charge is 0.326 e. The number of carbonyl (C=O) groups is 3. The number of rotatable bonds is 6. The van der Waals surface area contributed by atoms with Gasteiger partial charge in [-0.3, -0.25) is 40.7 Å². The number of thiocarbonyl (C=S) groups is 1. The number of nitro benzene ring substituents is 1. The van der Waals surface area contributed by atoms with Gasteiger partial charge in [-0.15, -0.1) is 0 Å². The third-order valence-electron chi connectivity index (χ3n) is 3.50. The van der Waals surface area contributed by atoms with Gasteiger partial charge < -0.3 is 5.32 Å². The number of nitrogens with zero attached hydrogens (tertiary/aromatic N) is 1. The Kier molecular flexibility index (Phi) is 7.74. The van der Waals surface area contributed by atoms with E-state index in [9.17, 15) is 24.5 Å². The average molecular weight is 415 g/mol. The molecule has 0 saturated heterocycles. The number of benzene rings is 2. The van der Waals surface area contributed by atoms with E-state index in [-0.39, 0.29) is 35.1 Å². The van der Waals surface area contributed by atoms with Gasteiger partial charge in [0, 0.05) is 36.2 Å². The highest BCUT2D eigenvalue weighted by Gasteiger charge is 2.13. The van der Waals surface area contributed by atoms with Gasteiger partial charge in [0.2, 0.25) is 11.8 Å². The van der Waals surface area contributed by atoms with Crippen molar-refractivity contribution >= 4 is 46.4 Å². The first-order chi connectivity index (χ1) is 13.8. The molecule has 2 aromatic rings. The first-order valence-electron chi connectivity index (χ1n) is 8.34. The second-order valence-electron chi connectivity index (χ2n) is 5.68. The van der Waals surface area contributed by atoms with Crippen LogP contribution in [0, 0.1) is 10.1 Å². The van der Waals surface area contributed by atoms with Crippen LogP contribution < -0.4 is 21.5 Å². The molecule has 0 unspecified atom stereocenters. The van der Waals surface area contributed by atoms with E-state index in [0.717, 1.165) is 6.07 Å². The van der Waals surface area contributed by atoms with E-state index < -0.39 is 16.7 Å². The lowest BCUT2D eigenvalue weighted by Gasteiger charge is -2.11. The molecule has 0 radical (unpaired) electrons. The summed E-state index contributed by atoms with van der Waals surface area (Å²) in [6, 6.07) is 13.9. The van der Waals surface area contributed by atoms with Gasteiger partial charge in [0.15, 0.2) is 5.11 Å². The average Bonchev–Trinajstić information content (AvgIpc) is 2.71. The number of hydrogen-bond acceptors (Lipinski definition) is 6. The van der Waals surface area contributed by atoms with Crippen LogP contribution in [0.4, 0.5) is 11.4 Å². The van der Waals surface area contributed by atoms with Gasteiger partial charge in [0.1, 0.15) is 0 Å². The molecule has 0 aliphatic heterocycles. The lowest BCUT2D eigenvalue weighted by Crippen LogP contribution is -2.48. The van der Waals surface area contributed by atoms with Gasteiger partial charge in [-0.25, -0.2) is 0 Å². The maximum Gasteiger partial charge on any atom is 0.270 e. The number of hydrazine groups is 1. The molecule has 0 aliphatic rings. The number of anilines is 1. The summed E-state index contributed by atoms with van der Waals surface area (Å²) in [5.41, 5.74) is 5.01. The predicted molar refractivity (Wildman–Crippen MR) is 109 cm³/mol. The highest BCUT2D eigenvalue weighted by molar-refractivity contribution is 7.80. The molecule has 11 heteroatoms. The zero-order valence-corrected chi connectivity index (χ0v) is 15.8. The third-order valence-corrected chi connectivity index (χ3v) is 3.70. The van der Waals surface area contributed by atoms with Crippen LogP contribution >= 0.6 is 12.2 Å².